The molecule has 2 heterocycles. The van der Waals surface area contributed by atoms with Gasteiger partial charge in [0.15, 0.2) is 0 Å². The number of carbonyl (C=O) groups is 1. The van der Waals surface area contributed by atoms with Crippen LogP contribution < -0.4 is 5.49 Å². The van der Waals surface area contributed by atoms with Gasteiger partial charge in [0.2, 0.25) is 0 Å². The molecule has 5 heteroatoms. The van der Waals surface area contributed by atoms with Crippen molar-refractivity contribution in [3.63, 3.8) is 0 Å². The number of rotatable bonds is 2. The molecule has 3 rings (SSSR count). The summed E-state index contributed by atoms with van der Waals surface area (Å²) in [5, 5.41) is 0. The van der Waals surface area contributed by atoms with Gasteiger partial charge in [-0.05, 0) is 25.0 Å². The quantitative estimate of drug-likeness (QED) is 0.848. The molecule has 2 aromatic rings. The first kappa shape index (κ1) is 13.7. The van der Waals surface area contributed by atoms with Gasteiger partial charge in [-0.2, -0.15) is 0 Å². The topological polar surface area (TPSA) is 60.1 Å². The Morgan fingerprint density at radius 2 is 2.05 bits per heavy atom. The minimum absolute atomic E-state index is 0.196. The highest BCUT2D eigenvalue weighted by Crippen LogP contribution is 2.19. The van der Waals surface area contributed by atoms with Crippen LogP contribution >= 0.6 is 0 Å². The Bertz CT molecular complexity index is 672. The maximum atomic E-state index is 12.5. The first-order chi connectivity index (χ1) is 10.3. The first-order valence-corrected chi connectivity index (χ1v) is 7.37. The number of hydrogen-bond donors (Lipinski definition) is 0. The number of aromatic nitrogens is 3. The highest BCUT2D eigenvalue weighted by molar-refractivity contribution is 5.93. The Morgan fingerprint density at radius 1 is 1.19 bits per heavy atom. The molecule has 2 aromatic heterocycles. The molecule has 0 spiro atoms. The van der Waals surface area contributed by atoms with Crippen LogP contribution in [-0.2, 0) is 0 Å². The Hall–Kier alpha value is -2.30. The highest BCUT2D eigenvalue weighted by Gasteiger charge is 2.14. The van der Waals surface area contributed by atoms with Gasteiger partial charge in [0.25, 0.3) is 5.91 Å². The smallest absolute Gasteiger partial charge is 0.266 e. The Kier molecular flexibility index (Phi) is 4.19. The van der Waals surface area contributed by atoms with Gasteiger partial charge >= 0.3 is 0 Å². The molecular formula is C16H18N4O. The lowest BCUT2D eigenvalue weighted by Crippen LogP contribution is -2.29. The first-order valence-electron chi connectivity index (χ1n) is 7.37. The van der Waals surface area contributed by atoms with Gasteiger partial charge in [0.1, 0.15) is 11.2 Å². The van der Waals surface area contributed by atoms with Crippen LogP contribution in [0, 0.1) is 0 Å². The molecule has 0 bridgehead atoms. The van der Waals surface area contributed by atoms with E-state index >= 15 is 0 Å². The highest BCUT2D eigenvalue weighted by atomic mass is 16.2. The van der Waals surface area contributed by atoms with E-state index in [0.717, 1.165) is 12.8 Å². The minimum atomic E-state index is -0.196. The summed E-state index contributed by atoms with van der Waals surface area (Å²) in [6.45, 7) is 0. The Balaban J connectivity index is 1.96. The zero-order valence-corrected chi connectivity index (χ0v) is 11.9. The second kappa shape index (κ2) is 6.43. The second-order valence-corrected chi connectivity index (χ2v) is 5.25. The number of pyridine rings is 1. The predicted octanol–water partition coefficient (Wildman–Crippen LogP) is 2.20. The van der Waals surface area contributed by atoms with Gasteiger partial charge in [-0.1, -0.05) is 25.3 Å². The third kappa shape index (κ3) is 3.24. The molecule has 0 aromatic carbocycles. The van der Waals surface area contributed by atoms with Crippen LogP contribution in [0.2, 0.25) is 0 Å². The van der Waals surface area contributed by atoms with Gasteiger partial charge in [-0.25, -0.2) is 4.98 Å². The van der Waals surface area contributed by atoms with Crippen molar-refractivity contribution in [1.29, 1.82) is 0 Å². The lowest BCUT2D eigenvalue weighted by molar-refractivity contribution is 0.0949. The Morgan fingerprint density at radius 3 is 2.81 bits per heavy atom. The van der Waals surface area contributed by atoms with E-state index in [9.17, 15) is 4.79 Å². The van der Waals surface area contributed by atoms with E-state index in [1.165, 1.54) is 31.7 Å². The molecule has 1 aliphatic carbocycles. The van der Waals surface area contributed by atoms with Crippen LogP contribution in [0.15, 0.2) is 48.0 Å². The van der Waals surface area contributed by atoms with E-state index < -0.39 is 0 Å². The van der Waals surface area contributed by atoms with E-state index in [-0.39, 0.29) is 5.91 Å². The number of nitrogens with zero attached hydrogens (tertiary/aromatic N) is 4. The normalized spacial score (nSPS) is 16.9. The minimum Gasteiger partial charge on any atom is -0.266 e. The fourth-order valence-electron chi connectivity index (χ4n) is 2.64. The molecule has 0 atom stereocenters. The molecule has 1 aliphatic rings. The lowest BCUT2D eigenvalue weighted by Gasteiger charge is -2.17. The van der Waals surface area contributed by atoms with Crippen molar-refractivity contribution >= 4 is 5.91 Å². The molecule has 0 aliphatic heterocycles. The van der Waals surface area contributed by atoms with Gasteiger partial charge in [-0.15, -0.1) is 0 Å². The molecule has 0 saturated heterocycles. The zero-order valence-electron chi connectivity index (χ0n) is 11.9. The van der Waals surface area contributed by atoms with Crippen molar-refractivity contribution in [3.8, 4) is 0 Å². The second-order valence-electron chi connectivity index (χ2n) is 5.25. The summed E-state index contributed by atoms with van der Waals surface area (Å²) < 4.78 is 1.55. The summed E-state index contributed by atoms with van der Waals surface area (Å²) in [7, 11) is 0. The Labute approximate surface area is 123 Å². The summed E-state index contributed by atoms with van der Waals surface area (Å²) in [4.78, 5) is 25.3. The molecule has 108 valence electrons. The fourth-order valence-corrected chi connectivity index (χ4v) is 2.64. The van der Waals surface area contributed by atoms with Crippen molar-refractivity contribution in [1.82, 2.24) is 14.5 Å². The zero-order chi connectivity index (χ0) is 14.5. The van der Waals surface area contributed by atoms with E-state index in [1.807, 2.05) is 18.2 Å². The van der Waals surface area contributed by atoms with Crippen LogP contribution in [-0.4, -0.2) is 26.5 Å². The van der Waals surface area contributed by atoms with E-state index in [4.69, 9.17) is 4.99 Å². The SMILES string of the molecule is O=C(c1cnccn1)n1ccccc1=NC1CCCCC1. The fraction of sp³-hybridized carbons (Fsp3) is 0.375. The molecule has 0 unspecified atom stereocenters. The van der Waals surface area contributed by atoms with Crippen molar-refractivity contribution in [2.24, 2.45) is 4.99 Å². The number of hydrogen-bond acceptors (Lipinski definition) is 4. The van der Waals surface area contributed by atoms with Gasteiger partial charge in [0, 0.05) is 18.6 Å². The molecule has 1 saturated carbocycles. The largest absolute Gasteiger partial charge is 0.283 e. The van der Waals surface area contributed by atoms with E-state index in [1.54, 1.807) is 17.0 Å². The summed E-state index contributed by atoms with van der Waals surface area (Å²) in [6.07, 6.45) is 12.2. The van der Waals surface area contributed by atoms with Gasteiger partial charge < -0.3 is 0 Å². The van der Waals surface area contributed by atoms with Crippen LogP contribution in [0.4, 0.5) is 0 Å². The van der Waals surface area contributed by atoms with Crippen molar-refractivity contribution in [2.75, 3.05) is 0 Å². The molecule has 0 radical (unpaired) electrons. The van der Waals surface area contributed by atoms with Crippen LogP contribution in [0.3, 0.4) is 0 Å². The maximum absolute atomic E-state index is 12.5. The van der Waals surface area contributed by atoms with Crippen LogP contribution in [0.25, 0.3) is 0 Å². The summed E-state index contributed by atoms with van der Waals surface area (Å²) in [5.41, 5.74) is 1.02. The predicted molar refractivity (Wildman–Crippen MR) is 78.6 cm³/mol. The summed E-state index contributed by atoms with van der Waals surface area (Å²) in [6, 6.07) is 5.93. The molecule has 0 N–H and O–H groups in total. The van der Waals surface area contributed by atoms with Crippen LogP contribution in [0.1, 0.15) is 42.6 Å². The third-order valence-electron chi connectivity index (χ3n) is 3.73. The van der Waals surface area contributed by atoms with Gasteiger partial charge in [0.05, 0.1) is 12.2 Å². The van der Waals surface area contributed by atoms with Crippen molar-refractivity contribution in [2.45, 2.75) is 38.1 Å². The number of carbonyl (C=O) groups excluding carboxylic acids is 1. The summed E-state index contributed by atoms with van der Waals surface area (Å²) in [5.74, 6) is -0.196. The molecular weight excluding hydrogens is 264 g/mol. The molecule has 5 nitrogen and oxygen atoms in total. The van der Waals surface area contributed by atoms with Gasteiger partial charge in [-0.3, -0.25) is 19.3 Å². The molecule has 21 heavy (non-hydrogen) atoms. The van der Waals surface area contributed by atoms with E-state index in [0.29, 0.717) is 17.2 Å². The van der Waals surface area contributed by atoms with E-state index in [2.05, 4.69) is 9.97 Å². The van der Waals surface area contributed by atoms with Crippen LogP contribution in [0.5, 0.6) is 0 Å². The average Bonchev–Trinajstić information content (AvgIpc) is 2.56. The molecule has 1 fully saturated rings. The maximum Gasteiger partial charge on any atom is 0.283 e. The monoisotopic (exact) mass is 282 g/mol. The average molecular weight is 282 g/mol. The van der Waals surface area contributed by atoms with Crippen molar-refractivity contribution in [3.05, 3.63) is 54.2 Å². The molecule has 0 amide bonds. The van der Waals surface area contributed by atoms with Crippen molar-refractivity contribution < 1.29 is 4.79 Å². The lowest BCUT2D eigenvalue weighted by atomic mass is 9.96. The summed E-state index contributed by atoms with van der Waals surface area (Å²) >= 11 is 0. The standard InChI is InChI=1S/C16H18N4O/c21-16(14-12-17-9-10-18-14)20-11-5-4-8-15(20)19-13-6-2-1-3-7-13/h4-5,8-13H,1-3,6-7H2. The third-order valence-corrected chi connectivity index (χ3v) is 3.73.